The largest absolute Gasteiger partial charge is 0.478 e. The third kappa shape index (κ3) is 2.63. The minimum absolute atomic E-state index is 0.350. The summed E-state index contributed by atoms with van der Waals surface area (Å²) >= 11 is 0. The first-order valence-electron chi connectivity index (χ1n) is 5.65. The summed E-state index contributed by atoms with van der Waals surface area (Å²) in [5.74, 6) is -0.879. The van der Waals surface area contributed by atoms with E-state index in [2.05, 4.69) is 11.0 Å². The quantitative estimate of drug-likeness (QED) is 0.803. The zero-order chi connectivity index (χ0) is 12.3. The Bertz CT molecular complexity index is 477. The molecular formula is C13H14N2O2. The van der Waals surface area contributed by atoms with E-state index >= 15 is 0 Å². The molecule has 17 heavy (non-hydrogen) atoms. The predicted octanol–water partition coefficient (Wildman–Crippen LogP) is 2.00. The summed E-state index contributed by atoms with van der Waals surface area (Å²) in [6.45, 7) is 2.55. The second kappa shape index (κ2) is 4.98. The van der Waals surface area contributed by atoms with Crippen LogP contribution in [0.1, 0.15) is 34.3 Å². The molecule has 1 heterocycles. The Morgan fingerprint density at radius 1 is 1.41 bits per heavy atom. The average Bonchev–Trinajstić information content (AvgIpc) is 2.70. The molecule has 0 spiro atoms. The van der Waals surface area contributed by atoms with Gasteiger partial charge in [0.15, 0.2) is 0 Å². The Morgan fingerprint density at radius 3 is 2.88 bits per heavy atom. The molecule has 88 valence electrons. The van der Waals surface area contributed by atoms with Crippen molar-refractivity contribution in [3.05, 3.63) is 34.9 Å². The van der Waals surface area contributed by atoms with Gasteiger partial charge in [-0.05, 0) is 36.2 Å². The number of fused-ring (bicyclic) bond motifs is 1. The molecule has 1 aromatic rings. The number of nitrogens with zero attached hydrogens (tertiary/aromatic N) is 2. The molecule has 1 aliphatic rings. The van der Waals surface area contributed by atoms with Crippen LogP contribution in [0.4, 0.5) is 0 Å². The predicted molar refractivity (Wildman–Crippen MR) is 62.4 cm³/mol. The SMILES string of the molecule is N#CCCCN1Cc2ccc(C(=O)O)cc2C1. The maximum atomic E-state index is 10.8. The van der Waals surface area contributed by atoms with E-state index in [4.69, 9.17) is 10.4 Å². The lowest BCUT2D eigenvalue weighted by atomic mass is 10.1. The van der Waals surface area contributed by atoms with Gasteiger partial charge < -0.3 is 5.11 Å². The van der Waals surface area contributed by atoms with Crippen LogP contribution in [0.15, 0.2) is 18.2 Å². The molecule has 0 aromatic heterocycles. The molecule has 0 amide bonds. The van der Waals surface area contributed by atoms with Gasteiger partial charge in [0.25, 0.3) is 0 Å². The van der Waals surface area contributed by atoms with Gasteiger partial charge in [0.05, 0.1) is 11.6 Å². The number of nitriles is 1. The van der Waals surface area contributed by atoms with Crippen LogP contribution in [0.5, 0.6) is 0 Å². The molecule has 1 aliphatic heterocycles. The molecule has 0 bridgehead atoms. The highest BCUT2D eigenvalue weighted by Gasteiger charge is 2.19. The third-order valence-electron chi connectivity index (χ3n) is 3.00. The first kappa shape index (κ1) is 11.6. The molecule has 0 fully saturated rings. The van der Waals surface area contributed by atoms with E-state index in [1.165, 1.54) is 5.56 Å². The zero-order valence-corrected chi connectivity index (χ0v) is 9.52. The Morgan fingerprint density at radius 2 is 2.18 bits per heavy atom. The van der Waals surface area contributed by atoms with Crippen molar-refractivity contribution in [1.29, 1.82) is 5.26 Å². The van der Waals surface area contributed by atoms with Crippen molar-refractivity contribution >= 4 is 5.97 Å². The monoisotopic (exact) mass is 230 g/mol. The normalized spacial score (nSPS) is 14.3. The number of aromatic carboxylic acids is 1. The van der Waals surface area contributed by atoms with E-state index in [1.807, 2.05) is 6.07 Å². The minimum Gasteiger partial charge on any atom is -0.478 e. The highest BCUT2D eigenvalue weighted by molar-refractivity contribution is 5.87. The number of carboxylic acid groups (broad SMARTS) is 1. The second-order valence-corrected chi connectivity index (χ2v) is 4.26. The molecule has 0 aliphatic carbocycles. The second-order valence-electron chi connectivity index (χ2n) is 4.26. The number of hydrogen-bond donors (Lipinski definition) is 1. The number of rotatable bonds is 4. The molecule has 1 aromatic carbocycles. The van der Waals surface area contributed by atoms with Crippen LogP contribution >= 0.6 is 0 Å². The van der Waals surface area contributed by atoms with Crippen molar-refractivity contribution in [2.24, 2.45) is 0 Å². The van der Waals surface area contributed by atoms with Crippen LogP contribution < -0.4 is 0 Å². The van der Waals surface area contributed by atoms with Crippen LogP contribution in [0.2, 0.25) is 0 Å². The number of benzene rings is 1. The molecule has 0 unspecified atom stereocenters. The third-order valence-corrected chi connectivity index (χ3v) is 3.00. The van der Waals surface area contributed by atoms with Gasteiger partial charge >= 0.3 is 5.97 Å². The van der Waals surface area contributed by atoms with Gasteiger partial charge in [-0.25, -0.2) is 4.79 Å². The van der Waals surface area contributed by atoms with Crippen molar-refractivity contribution in [2.45, 2.75) is 25.9 Å². The molecule has 4 heteroatoms. The molecule has 0 saturated carbocycles. The van der Waals surface area contributed by atoms with Gasteiger partial charge in [-0.2, -0.15) is 5.26 Å². The van der Waals surface area contributed by atoms with E-state index < -0.39 is 5.97 Å². The fourth-order valence-electron chi connectivity index (χ4n) is 2.14. The number of hydrogen-bond acceptors (Lipinski definition) is 3. The minimum atomic E-state index is -0.879. The molecule has 0 saturated heterocycles. The molecule has 2 rings (SSSR count). The highest BCUT2D eigenvalue weighted by Crippen LogP contribution is 2.24. The first-order chi connectivity index (χ1) is 8.20. The van der Waals surface area contributed by atoms with E-state index in [9.17, 15) is 4.79 Å². The fraction of sp³-hybridized carbons (Fsp3) is 0.385. The summed E-state index contributed by atoms with van der Waals surface area (Å²) < 4.78 is 0. The van der Waals surface area contributed by atoms with E-state index in [-0.39, 0.29) is 0 Å². The van der Waals surface area contributed by atoms with Gasteiger partial charge in [0.2, 0.25) is 0 Å². The Kier molecular flexibility index (Phi) is 3.40. The highest BCUT2D eigenvalue weighted by atomic mass is 16.4. The van der Waals surface area contributed by atoms with Crippen LogP contribution in [0.25, 0.3) is 0 Å². The maximum Gasteiger partial charge on any atom is 0.335 e. The van der Waals surface area contributed by atoms with Gasteiger partial charge in [0, 0.05) is 19.5 Å². The van der Waals surface area contributed by atoms with Gasteiger partial charge in [-0.3, -0.25) is 4.90 Å². The van der Waals surface area contributed by atoms with Crippen LogP contribution in [0.3, 0.4) is 0 Å². The Balaban J connectivity index is 2.02. The van der Waals surface area contributed by atoms with E-state index in [0.29, 0.717) is 12.0 Å². The van der Waals surface area contributed by atoms with Crippen LogP contribution in [-0.4, -0.2) is 22.5 Å². The molecular weight excluding hydrogens is 216 g/mol. The van der Waals surface area contributed by atoms with Gasteiger partial charge in [0.1, 0.15) is 0 Å². The van der Waals surface area contributed by atoms with Crippen molar-refractivity contribution in [2.75, 3.05) is 6.54 Å². The van der Waals surface area contributed by atoms with Crippen molar-refractivity contribution in [3.63, 3.8) is 0 Å². The summed E-state index contributed by atoms with van der Waals surface area (Å²) in [7, 11) is 0. The van der Waals surface area contributed by atoms with Crippen LogP contribution in [-0.2, 0) is 13.1 Å². The van der Waals surface area contributed by atoms with E-state index in [1.54, 1.807) is 12.1 Å². The summed E-state index contributed by atoms with van der Waals surface area (Å²) in [4.78, 5) is 13.1. The zero-order valence-electron chi connectivity index (χ0n) is 9.52. The topological polar surface area (TPSA) is 64.3 Å². The van der Waals surface area contributed by atoms with Crippen LogP contribution in [0, 0.1) is 11.3 Å². The summed E-state index contributed by atoms with van der Waals surface area (Å²) in [6, 6.07) is 7.43. The summed E-state index contributed by atoms with van der Waals surface area (Å²) in [6.07, 6.45) is 1.45. The van der Waals surface area contributed by atoms with Crippen molar-refractivity contribution in [3.8, 4) is 6.07 Å². The first-order valence-corrected chi connectivity index (χ1v) is 5.65. The van der Waals surface area contributed by atoms with Gasteiger partial charge in [-0.1, -0.05) is 6.07 Å². The lowest BCUT2D eigenvalue weighted by molar-refractivity contribution is 0.0696. The number of carboxylic acids is 1. The molecule has 0 radical (unpaired) electrons. The lowest BCUT2D eigenvalue weighted by Gasteiger charge is -2.12. The summed E-state index contributed by atoms with van der Waals surface area (Å²) in [5, 5.41) is 17.4. The number of carbonyl (C=O) groups is 1. The summed E-state index contributed by atoms with van der Waals surface area (Å²) in [5.41, 5.74) is 2.65. The molecule has 1 N–H and O–H groups in total. The van der Waals surface area contributed by atoms with E-state index in [0.717, 1.165) is 31.6 Å². The Hall–Kier alpha value is -1.86. The maximum absolute atomic E-state index is 10.8. The Labute approximate surface area is 100 Å². The standard InChI is InChI=1S/C13H14N2O2/c14-5-1-2-6-15-8-11-4-3-10(13(16)17)7-12(11)9-15/h3-4,7H,1-2,6,8-9H2,(H,16,17). The van der Waals surface area contributed by atoms with Crippen molar-refractivity contribution in [1.82, 2.24) is 4.90 Å². The number of unbranched alkanes of at least 4 members (excludes halogenated alkanes) is 1. The fourth-order valence-corrected chi connectivity index (χ4v) is 2.14. The smallest absolute Gasteiger partial charge is 0.335 e. The molecule has 0 atom stereocenters. The molecule has 4 nitrogen and oxygen atoms in total. The van der Waals surface area contributed by atoms with Crippen molar-refractivity contribution < 1.29 is 9.90 Å². The van der Waals surface area contributed by atoms with Gasteiger partial charge in [-0.15, -0.1) is 0 Å². The lowest BCUT2D eigenvalue weighted by Crippen LogP contribution is -2.17. The average molecular weight is 230 g/mol.